The minimum absolute atomic E-state index is 0.266. The molecular formula is C26H50O7. The predicted molar refractivity (Wildman–Crippen MR) is 129 cm³/mol. The fraction of sp³-hybridized carbons (Fsp3) is 0.962. The molecule has 1 aliphatic heterocycles. The maximum absolute atomic E-state index is 12.3. The van der Waals surface area contributed by atoms with E-state index in [1.54, 1.807) is 0 Å². The van der Waals surface area contributed by atoms with Gasteiger partial charge in [-0.3, -0.25) is 4.79 Å². The number of aliphatic hydroxyl groups is 3. The van der Waals surface area contributed by atoms with Crippen molar-refractivity contribution in [2.45, 2.75) is 147 Å². The molecule has 0 spiro atoms. The van der Waals surface area contributed by atoms with Crippen LogP contribution in [-0.2, 0) is 19.0 Å². The van der Waals surface area contributed by atoms with E-state index in [4.69, 9.17) is 14.2 Å². The molecule has 0 bridgehead atoms. The first-order valence-corrected chi connectivity index (χ1v) is 13.5. The van der Waals surface area contributed by atoms with Gasteiger partial charge in [-0.1, -0.05) is 97.3 Å². The number of ether oxygens (including phenoxy) is 3. The Morgan fingerprint density at radius 2 is 1.27 bits per heavy atom. The third-order valence-electron chi connectivity index (χ3n) is 6.36. The number of aliphatic hydroxyl groups excluding tert-OH is 3. The molecule has 7 heteroatoms. The first kappa shape index (κ1) is 30.3. The van der Waals surface area contributed by atoms with Crippen molar-refractivity contribution in [1.82, 2.24) is 0 Å². The van der Waals surface area contributed by atoms with Crippen LogP contribution in [0.4, 0.5) is 0 Å². The van der Waals surface area contributed by atoms with E-state index in [0.717, 1.165) is 32.1 Å². The van der Waals surface area contributed by atoms with Gasteiger partial charge in [0, 0.05) is 13.0 Å². The van der Waals surface area contributed by atoms with Gasteiger partial charge in [-0.05, 0) is 12.8 Å². The molecule has 1 rings (SSSR count). The van der Waals surface area contributed by atoms with Crippen molar-refractivity contribution in [1.29, 1.82) is 0 Å². The molecule has 3 N–H and O–H groups in total. The fourth-order valence-corrected chi connectivity index (χ4v) is 4.16. The van der Waals surface area contributed by atoms with E-state index >= 15 is 0 Å². The SMILES string of the molecule is CCCCCCCCCCCCCCCC(=O)O[C@H]1C(OCCCC)O[C@H](CO)[C@@H](O)[C@@H]1O. The highest BCUT2D eigenvalue weighted by molar-refractivity contribution is 5.69. The zero-order chi connectivity index (χ0) is 24.3. The highest BCUT2D eigenvalue weighted by Gasteiger charge is 2.47. The lowest BCUT2D eigenvalue weighted by Gasteiger charge is -2.41. The first-order chi connectivity index (χ1) is 16.0. The van der Waals surface area contributed by atoms with Crippen LogP contribution < -0.4 is 0 Å². The quantitative estimate of drug-likeness (QED) is 0.174. The lowest BCUT2D eigenvalue weighted by molar-refractivity contribution is -0.304. The van der Waals surface area contributed by atoms with Crippen LogP contribution in [0.3, 0.4) is 0 Å². The van der Waals surface area contributed by atoms with Crippen molar-refractivity contribution in [2.75, 3.05) is 13.2 Å². The Labute approximate surface area is 201 Å². The van der Waals surface area contributed by atoms with Crippen molar-refractivity contribution in [2.24, 2.45) is 0 Å². The number of hydrogen-bond acceptors (Lipinski definition) is 7. The molecule has 0 aliphatic carbocycles. The fourth-order valence-electron chi connectivity index (χ4n) is 4.16. The molecule has 5 atom stereocenters. The molecule has 1 saturated heterocycles. The van der Waals surface area contributed by atoms with E-state index in [1.165, 1.54) is 64.2 Å². The van der Waals surface area contributed by atoms with Crippen molar-refractivity contribution in [3.63, 3.8) is 0 Å². The van der Waals surface area contributed by atoms with Gasteiger partial charge in [0.05, 0.1) is 6.61 Å². The Hall–Kier alpha value is -0.730. The summed E-state index contributed by atoms with van der Waals surface area (Å²) >= 11 is 0. The van der Waals surface area contributed by atoms with Crippen LogP contribution in [0.15, 0.2) is 0 Å². The smallest absolute Gasteiger partial charge is 0.306 e. The molecule has 7 nitrogen and oxygen atoms in total. The lowest BCUT2D eigenvalue weighted by atomic mass is 9.99. The lowest BCUT2D eigenvalue weighted by Crippen LogP contribution is -2.60. The van der Waals surface area contributed by atoms with Gasteiger partial charge in [-0.2, -0.15) is 0 Å². The average molecular weight is 475 g/mol. The average Bonchev–Trinajstić information content (AvgIpc) is 2.81. The number of carbonyl (C=O) groups excluding carboxylic acids is 1. The van der Waals surface area contributed by atoms with Gasteiger partial charge in [-0.15, -0.1) is 0 Å². The number of unbranched alkanes of at least 4 members (excludes halogenated alkanes) is 13. The van der Waals surface area contributed by atoms with Crippen LogP contribution in [0.2, 0.25) is 0 Å². The second kappa shape index (κ2) is 19.6. The molecule has 0 saturated carbocycles. The number of carbonyl (C=O) groups is 1. The summed E-state index contributed by atoms with van der Waals surface area (Å²) in [6.45, 7) is 4.20. The van der Waals surface area contributed by atoms with Gasteiger partial charge in [0.2, 0.25) is 0 Å². The zero-order valence-corrected chi connectivity index (χ0v) is 21.1. The Kier molecular flexibility index (Phi) is 18.0. The molecule has 1 heterocycles. The molecule has 33 heavy (non-hydrogen) atoms. The predicted octanol–water partition coefficient (Wildman–Crippen LogP) is 4.64. The molecule has 1 unspecified atom stereocenters. The van der Waals surface area contributed by atoms with E-state index in [0.29, 0.717) is 6.61 Å². The zero-order valence-electron chi connectivity index (χ0n) is 21.1. The van der Waals surface area contributed by atoms with Crippen molar-refractivity contribution in [3.8, 4) is 0 Å². The van der Waals surface area contributed by atoms with Gasteiger partial charge in [-0.25, -0.2) is 0 Å². The standard InChI is InChI=1S/C26H50O7/c1-3-5-7-8-9-10-11-12-13-14-15-16-17-18-22(28)33-25-24(30)23(29)21(20-27)32-26(25)31-19-6-4-2/h21,23-27,29-30H,3-20H2,1-2H3/t21-,23-,24+,25-,26?/m1/s1. The minimum atomic E-state index is -1.36. The number of rotatable bonds is 20. The van der Waals surface area contributed by atoms with Crippen molar-refractivity contribution < 1.29 is 34.3 Å². The van der Waals surface area contributed by atoms with Crippen LogP contribution in [0.1, 0.15) is 117 Å². The Morgan fingerprint density at radius 1 is 0.758 bits per heavy atom. The third kappa shape index (κ3) is 13.1. The van der Waals surface area contributed by atoms with Gasteiger partial charge in [0.15, 0.2) is 12.4 Å². The minimum Gasteiger partial charge on any atom is -0.454 e. The van der Waals surface area contributed by atoms with Crippen LogP contribution in [0.25, 0.3) is 0 Å². The van der Waals surface area contributed by atoms with Crippen LogP contribution in [0, 0.1) is 0 Å². The Morgan fingerprint density at radius 3 is 1.79 bits per heavy atom. The largest absolute Gasteiger partial charge is 0.454 e. The van der Waals surface area contributed by atoms with E-state index in [-0.39, 0.29) is 6.42 Å². The van der Waals surface area contributed by atoms with Crippen molar-refractivity contribution >= 4 is 5.97 Å². The Balaban J connectivity index is 2.18. The topological polar surface area (TPSA) is 105 Å². The van der Waals surface area contributed by atoms with Crippen LogP contribution >= 0.6 is 0 Å². The molecule has 0 radical (unpaired) electrons. The second-order valence-electron chi connectivity index (χ2n) is 9.38. The van der Waals surface area contributed by atoms with Crippen LogP contribution in [-0.4, -0.2) is 65.2 Å². The van der Waals surface area contributed by atoms with Crippen LogP contribution in [0.5, 0.6) is 0 Å². The summed E-state index contributed by atoms with van der Waals surface area (Å²) in [7, 11) is 0. The highest BCUT2D eigenvalue weighted by Crippen LogP contribution is 2.25. The summed E-state index contributed by atoms with van der Waals surface area (Å²) in [5, 5.41) is 29.9. The number of hydrogen-bond donors (Lipinski definition) is 3. The number of esters is 1. The molecular weight excluding hydrogens is 424 g/mol. The molecule has 0 amide bonds. The maximum atomic E-state index is 12.3. The summed E-state index contributed by atoms with van der Waals surface area (Å²) in [6, 6.07) is 0. The second-order valence-corrected chi connectivity index (χ2v) is 9.38. The van der Waals surface area contributed by atoms with Gasteiger partial charge < -0.3 is 29.5 Å². The van der Waals surface area contributed by atoms with Gasteiger partial charge in [0.1, 0.15) is 18.3 Å². The van der Waals surface area contributed by atoms with E-state index < -0.39 is 43.3 Å². The molecule has 196 valence electrons. The molecule has 0 aromatic heterocycles. The highest BCUT2D eigenvalue weighted by atomic mass is 16.7. The third-order valence-corrected chi connectivity index (χ3v) is 6.36. The molecule has 1 fully saturated rings. The van der Waals surface area contributed by atoms with Gasteiger partial charge in [0.25, 0.3) is 0 Å². The van der Waals surface area contributed by atoms with Crippen molar-refractivity contribution in [3.05, 3.63) is 0 Å². The normalized spacial score (nSPS) is 25.3. The molecule has 1 aliphatic rings. The van der Waals surface area contributed by atoms with E-state index in [1.807, 2.05) is 6.92 Å². The first-order valence-electron chi connectivity index (χ1n) is 13.5. The van der Waals surface area contributed by atoms with E-state index in [2.05, 4.69) is 6.92 Å². The maximum Gasteiger partial charge on any atom is 0.306 e. The summed E-state index contributed by atoms with van der Waals surface area (Å²) in [5.41, 5.74) is 0. The summed E-state index contributed by atoms with van der Waals surface area (Å²) in [6.07, 6.45) is 12.2. The van der Waals surface area contributed by atoms with E-state index in [9.17, 15) is 20.1 Å². The summed E-state index contributed by atoms with van der Waals surface area (Å²) < 4.78 is 16.6. The molecule has 0 aromatic rings. The Bertz CT molecular complexity index is 474. The molecule has 0 aromatic carbocycles. The monoisotopic (exact) mass is 474 g/mol. The summed E-state index contributed by atoms with van der Waals surface area (Å²) in [5.74, 6) is -0.426. The van der Waals surface area contributed by atoms with Gasteiger partial charge >= 0.3 is 5.97 Å². The summed E-state index contributed by atoms with van der Waals surface area (Å²) in [4.78, 5) is 12.3.